The molecule has 316 valence electrons. The quantitative estimate of drug-likeness (QED) is 0.142. The largest absolute Gasteiger partial charge is 0.247 e. The van der Waals surface area contributed by atoms with Crippen molar-refractivity contribution >= 4 is 73.8 Å². The molecule has 1 nitrogen and oxygen atoms in total. The molecule has 0 amide bonds. The van der Waals surface area contributed by atoms with Gasteiger partial charge in [0.25, 0.3) is 0 Å². The second kappa shape index (κ2) is 33.8. The molecule has 0 bridgehead atoms. The predicted octanol–water partition coefficient (Wildman–Crippen LogP) is 19.2. The molecule has 2 heterocycles. The molecule has 0 unspecified atom stereocenters. The minimum atomic E-state index is 1.01. The van der Waals surface area contributed by atoms with E-state index in [1.54, 1.807) is 0 Å². The topological polar surface area (TPSA) is 12.9 Å². The average molecular weight is 818 g/mol. The number of hydrogen-bond donors (Lipinski definition) is 0. The molecule has 6 rings (SSSR count). The van der Waals surface area contributed by atoms with Crippen LogP contribution < -0.4 is 5.22 Å². The van der Waals surface area contributed by atoms with Crippen molar-refractivity contribution in [2.45, 2.75) is 131 Å². The molecular formula is C55H79NS2. The third-order valence-electron chi connectivity index (χ3n) is 7.99. The van der Waals surface area contributed by atoms with Gasteiger partial charge in [-0.3, -0.25) is 0 Å². The van der Waals surface area contributed by atoms with Crippen molar-refractivity contribution in [1.82, 2.24) is 4.98 Å². The van der Waals surface area contributed by atoms with Gasteiger partial charge in [0.1, 0.15) is 0 Å². The molecule has 0 aliphatic rings. The number of allylic oxidation sites excluding steroid dienone is 4. The van der Waals surface area contributed by atoms with Crippen LogP contribution in [-0.2, 0) is 0 Å². The first-order valence-corrected chi connectivity index (χ1v) is 24.0. The number of hydrogen-bond acceptors (Lipinski definition) is 3. The second-order valence-corrected chi connectivity index (χ2v) is 13.6. The van der Waals surface area contributed by atoms with Crippen molar-refractivity contribution in [2.75, 3.05) is 5.75 Å². The number of nitrogens with zero attached hydrogens (tertiary/aromatic N) is 1. The highest BCUT2D eigenvalue weighted by atomic mass is 32.2. The molecule has 0 atom stereocenters. The zero-order chi connectivity index (χ0) is 44.6. The van der Waals surface area contributed by atoms with E-state index in [0.29, 0.717) is 0 Å². The molecule has 58 heavy (non-hydrogen) atoms. The maximum absolute atomic E-state index is 5.06. The summed E-state index contributed by atoms with van der Waals surface area (Å²) in [5.41, 5.74) is 7.04. The van der Waals surface area contributed by atoms with Crippen LogP contribution >= 0.6 is 23.1 Å². The Labute approximate surface area is 365 Å². The summed E-state index contributed by atoms with van der Waals surface area (Å²) in [7, 11) is 0. The van der Waals surface area contributed by atoms with E-state index in [1.807, 2.05) is 118 Å². The van der Waals surface area contributed by atoms with Gasteiger partial charge in [0, 0.05) is 15.2 Å². The van der Waals surface area contributed by atoms with Crippen LogP contribution in [0.25, 0.3) is 71.7 Å². The number of aromatic nitrogens is 1. The number of fused-ring (bicyclic) bond motifs is 1. The molecule has 0 aliphatic carbocycles. The Morgan fingerprint density at radius 1 is 0.707 bits per heavy atom. The molecule has 3 heteroatoms. The summed E-state index contributed by atoms with van der Waals surface area (Å²) < 4.78 is 0. The Morgan fingerprint density at radius 3 is 1.91 bits per heavy atom. The van der Waals surface area contributed by atoms with Crippen LogP contribution in [0.15, 0.2) is 109 Å². The SMILES string of the molecule is C=C/C=C\c1c(C)/c(=C\C)c2cccc3c(-c4ccc(-c5ccc6cc(/C=C/C(=C/C)SCC)ccc6n5)s4)ccc1c32.CC.CC.CC.CC.CC.CC.CCC. The van der Waals surface area contributed by atoms with Gasteiger partial charge in [0.15, 0.2) is 0 Å². The number of benzene rings is 4. The maximum Gasteiger partial charge on any atom is 0.0809 e. The number of thiophene rings is 1. The van der Waals surface area contributed by atoms with Crippen molar-refractivity contribution < 1.29 is 0 Å². The summed E-state index contributed by atoms with van der Waals surface area (Å²) in [6.07, 6.45) is 16.1. The summed E-state index contributed by atoms with van der Waals surface area (Å²) in [6.45, 7) is 40.8. The van der Waals surface area contributed by atoms with Crippen molar-refractivity contribution in [2.24, 2.45) is 0 Å². The van der Waals surface area contributed by atoms with Crippen LogP contribution in [0.2, 0.25) is 0 Å². The van der Waals surface area contributed by atoms with Gasteiger partial charge in [-0.05, 0) is 112 Å². The molecule has 0 fully saturated rings. The lowest BCUT2D eigenvalue weighted by Gasteiger charge is -2.15. The van der Waals surface area contributed by atoms with Gasteiger partial charge in [-0.2, -0.15) is 0 Å². The Hall–Kier alpha value is -4.18. The minimum absolute atomic E-state index is 1.01. The van der Waals surface area contributed by atoms with Crippen molar-refractivity contribution in [3.05, 3.63) is 130 Å². The van der Waals surface area contributed by atoms with Gasteiger partial charge in [0.2, 0.25) is 0 Å². The second-order valence-electron chi connectivity index (χ2n) is 11.2. The normalized spacial score (nSPS) is 10.6. The molecule has 6 aromatic rings. The molecule has 0 N–H and O–H groups in total. The van der Waals surface area contributed by atoms with Crippen LogP contribution in [0.5, 0.6) is 0 Å². The Balaban J connectivity index is 0. The molecule has 0 saturated carbocycles. The van der Waals surface area contributed by atoms with E-state index in [-0.39, 0.29) is 0 Å². The van der Waals surface area contributed by atoms with Crippen molar-refractivity contribution in [1.29, 1.82) is 0 Å². The van der Waals surface area contributed by atoms with E-state index in [9.17, 15) is 0 Å². The van der Waals surface area contributed by atoms with Crippen LogP contribution in [0, 0.1) is 6.92 Å². The fourth-order valence-electron chi connectivity index (χ4n) is 5.95. The summed E-state index contributed by atoms with van der Waals surface area (Å²) >= 11 is 3.67. The first-order valence-electron chi connectivity index (χ1n) is 22.2. The lowest BCUT2D eigenvalue weighted by Crippen LogP contribution is -2.10. The van der Waals surface area contributed by atoms with Crippen LogP contribution in [0.4, 0.5) is 0 Å². The standard InChI is InChI=1S/C40H35NS2.C3H8.6C2H6/c1-6-10-12-31-26(5)30(8-3)33-13-11-14-34-32(19-20-35(31)40(33)34)38-23-24-39(43-38)37-22-17-28-25-27(16-21-36(28)41-37)15-18-29(7-2)42-9-4;1-3-2;6*1-2/h6-8,10-25H,1,9H2,2-5H3;3H2,1-2H3;6*1-2H3/b12-10-,18-15+,29-7-,30-8+;;;;;;;. The fraction of sp³-hybridized carbons (Fsp3) is 0.364. The van der Waals surface area contributed by atoms with Gasteiger partial charge in [-0.1, -0.05) is 196 Å². The fourth-order valence-corrected chi connectivity index (χ4v) is 7.63. The minimum Gasteiger partial charge on any atom is -0.247 e. The maximum atomic E-state index is 5.06. The number of rotatable bonds is 8. The summed E-state index contributed by atoms with van der Waals surface area (Å²) in [4.78, 5) is 8.78. The summed E-state index contributed by atoms with van der Waals surface area (Å²) in [6, 6.07) is 26.6. The molecule has 0 aliphatic heterocycles. The van der Waals surface area contributed by atoms with Gasteiger partial charge in [-0.15, -0.1) is 23.1 Å². The highest BCUT2D eigenvalue weighted by molar-refractivity contribution is 8.03. The van der Waals surface area contributed by atoms with Crippen molar-refractivity contribution in [3.63, 3.8) is 0 Å². The smallest absolute Gasteiger partial charge is 0.0809 e. The lowest BCUT2D eigenvalue weighted by atomic mass is 9.89. The van der Waals surface area contributed by atoms with Crippen molar-refractivity contribution in [3.8, 4) is 21.0 Å². The third kappa shape index (κ3) is 15.2. The number of thioether (sulfide) groups is 1. The monoisotopic (exact) mass is 818 g/mol. The van der Waals surface area contributed by atoms with E-state index < -0.39 is 0 Å². The first-order chi connectivity index (χ1) is 28.5. The Kier molecular flexibility index (Phi) is 32.5. The first kappa shape index (κ1) is 55.9. The van der Waals surface area contributed by atoms with E-state index in [0.717, 1.165) is 22.3 Å². The van der Waals surface area contributed by atoms with Crippen LogP contribution in [0.1, 0.15) is 141 Å². The Bertz CT molecular complexity index is 2160. The van der Waals surface area contributed by atoms with E-state index >= 15 is 0 Å². The van der Waals surface area contributed by atoms with Gasteiger partial charge >= 0.3 is 0 Å². The molecule has 0 spiro atoms. The third-order valence-corrected chi connectivity index (χ3v) is 10.1. The van der Waals surface area contributed by atoms with E-state index in [4.69, 9.17) is 4.98 Å². The molecule has 2 aromatic heterocycles. The Morgan fingerprint density at radius 2 is 1.33 bits per heavy atom. The van der Waals surface area contributed by atoms with Gasteiger partial charge in [0.05, 0.1) is 16.1 Å². The molecular weight excluding hydrogens is 739 g/mol. The highest BCUT2D eigenvalue weighted by Gasteiger charge is 2.15. The molecule has 0 saturated heterocycles. The van der Waals surface area contributed by atoms with Crippen LogP contribution in [0.3, 0.4) is 0 Å². The average Bonchev–Trinajstić information content (AvgIpc) is 3.80. The van der Waals surface area contributed by atoms with E-state index in [1.165, 1.54) is 70.1 Å². The summed E-state index contributed by atoms with van der Waals surface area (Å²) in [5.74, 6) is 1.07. The van der Waals surface area contributed by atoms with Gasteiger partial charge in [-0.25, -0.2) is 4.98 Å². The van der Waals surface area contributed by atoms with Crippen LogP contribution in [-0.4, -0.2) is 10.7 Å². The van der Waals surface area contributed by atoms with Gasteiger partial charge < -0.3 is 0 Å². The number of pyridine rings is 1. The summed E-state index contributed by atoms with van der Waals surface area (Å²) in [5, 5.41) is 7.64. The highest BCUT2D eigenvalue weighted by Crippen LogP contribution is 2.41. The lowest BCUT2D eigenvalue weighted by molar-refractivity contribution is 1.09. The predicted molar refractivity (Wildman–Crippen MR) is 280 cm³/mol. The molecule has 4 aromatic carbocycles. The van der Waals surface area contributed by atoms with E-state index in [2.05, 4.69) is 151 Å². The molecule has 0 radical (unpaired) electrons. The zero-order valence-electron chi connectivity index (χ0n) is 39.9. The zero-order valence-corrected chi connectivity index (χ0v) is 41.5.